The van der Waals surface area contributed by atoms with E-state index in [4.69, 9.17) is 0 Å². The van der Waals surface area contributed by atoms with Gasteiger partial charge in [-0.2, -0.15) is 0 Å². The van der Waals surface area contributed by atoms with Gasteiger partial charge in [0.2, 0.25) is 0 Å². The Labute approximate surface area is 105 Å². The maximum atomic E-state index is 9.51. The van der Waals surface area contributed by atoms with E-state index in [1.165, 1.54) is 16.8 Å². The van der Waals surface area contributed by atoms with Crippen molar-refractivity contribution in [2.24, 2.45) is 0 Å². The first kappa shape index (κ1) is 14.0. The molecule has 1 unspecified atom stereocenters. The molecule has 0 amide bonds. The minimum atomic E-state index is -0.137. The van der Waals surface area contributed by atoms with E-state index in [0.717, 1.165) is 25.8 Å². The summed E-state index contributed by atoms with van der Waals surface area (Å²) >= 11 is 0. The molecule has 0 fully saturated rings. The summed E-state index contributed by atoms with van der Waals surface area (Å²) in [6.45, 7) is 7.30. The Morgan fingerprint density at radius 2 is 2.00 bits per heavy atom. The van der Waals surface area contributed by atoms with Crippen LogP contribution in [0.3, 0.4) is 0 Å². The molecule has 0 aliphatic rings. The lowest BCUT2D eigenvalue weighted by molar-refractivity contribution is 0.158. The summed E-state index contributed by atoms with van der Waals surface area (Å²) in [5.41, 5.74) is 3.92. The van der Waals surface area contributed by atoms with Crippen molar-refractivity contribution in [1.29, 1.82) is 0 Å². The van der Waals surface area contributed by atoms with Crippen molar-refractivity contribution >= 4 is 5.69 Å². The molecule has 0 saturated carbocycles. The number of benzene rings is 1. The monoisotopic (exact) mass is 235 g/mol. The molecule has 0 saturated heterocycles. The molecule has 1 atom stereocenters. The van der Waals surface area contributed by atoms with Crippen LogP contribution < -0.4 is 4.90 Å². The van der Waals surface area contributed by atoms with E-state index in [1.54, 1.807) is 0 Å². The molecule has 1 N–H and O–H groups in total. The zero-order chi connectivity index (χ0) is 12.8. The Kier molecular flexibility index (Phi) is 5.49. The molecule has 0 aliphatic carbocycles. The molecular formula is C15H25NO. The third kappa shape index (κ3) is 4.39. The number of rotatable bonds is 6. The van der Waals surface area contributed by atoms with Crippen LogP contribution in [0.5, 0.6) is 0 Å². The largest absolute Gasteiger partial charge is 0.393 e. The van der Waals surface area contributed by atoms with Gasteiger partial charge in [-0.3, -0.25) is 0 Å². The van der Waals surface area contributed by atoms with Gasteiger partial charge >= 0.3 is 0 Å². The van der Waals surface area contributed by atoms with Gasteiger partial charge < -0.3 is 10.0 Å². The maximum absolute atomic E-state index is 9.51. The standard InChI is InChI=1S/C15H25NO/c1-5-14(17)7-6-10-16(4)15-9-8-12(2)11-13(15)3/h8-9,11,14,17H,5-7,10H2,1-4H3. The van der Waals surface area contributed by atoms with Crippen LogP contribution in [-0.2, 0) is 0 Å². The van der Waals surface area contributed by atoms with Gasteiger partial charge in [-0.1, -0.05) is 24.6 Å². The first-order valence-electron chi connectivity index (χ1n) is 6.51. The van der Waals surface area contributed by atoms with Crippen LogP contribution in [0.15, 0.2) is 18.2 Å². The maximum Gasteiger partial charge on any atom is 0.0538 e. The van der Waals surface area contributed by atoms with Crippen molar-refractivity contribution in [3.8, 4) is 0 Å². The number of hydrogen-bond acceptors (Lipinski definition) is 2. The first-order chi connectivity index (χ1) is 8.04. The van der Waals surface area contributed by atoms with Gasteiger partial charge in [-0.15, -0.1) is 0 Å². The molecule has 0 heterocycles. The minimum absolute atomic E-state index is 0.137. The smallest absolute Gasteiger partial charge is 0.0538 e. The Bertz CT molecular complexity index is 349. The highest BCUT2D eigenvalue weighted by Gasteiger charge is 2.06. The summed E-state index contributed by atoms with van der Waals surface area (Å²) in [6.07, 6.45) is 2.65. The lowest BCUT2D eigenvalue weighted by atomic mass is 10.1. The van der Waals surface area contributed by atoms with Gasteiger partial charge in [0.1, 0.15) is 0 Å². The third-order valence-electron chi connectivity index (χ3n) is 3.27. The van der Waals surface area contributed by atoms with Crippen molar-refractivity contribution in [1.82, 2.24) is 0 Å². The molecule has 1 rings (SSSR count). The van der Waals surface area contributed by atoms with Crippen molar-refractivity contribution in [3.05, 3.63) is 29.3 Å². The predicted molar refractivity (Wildman–Crippen MR) is 74.7 cm³/mol. The Hall–Kier alpha value is -1.02. The molecule has 2 nitrogen and oxygen atoms in total. The number of hydrogen-bond donors (Lipinski definition) is 1. The fourth-order valence-electron chi connectivity index (χ4n) is 2.12. The Morgan fingerprint density at radius 1 is 1.29 bits per heavy atom. The van der Waals surface area contributed by atoms with Crippen LogP contribution in [0.2, 0.25) is 0 Å². The third-order valence-corrected chi connectivity index (χ3v) is 3.27. The highest BCUT2D eigenvalue weighted by Crippen LogP contribution is 2.20. The Balaban J connectivity index is 2.49. The molecule has 1 aromatic rings. The van der Waals surface area contributed by atoms with E-state index in [2.05, 4.69) is 44.0 Å². The molecule has 0 aliphatic heterocycles. The van der Waals surface area contributed by atoms with E-state index in [9.17, 15) is 5.11 Å². The van der Waals surface area contributed by atoms with Crippen LogP contribution in [0.4, 0.5) is 5.69 Å². The van der Waals surface area contributed by atoms with Crippen LogP contribution >= 0.6 is 0 Å². The second-order valence-electron chi connectivity index (χ2n) is 4.92. The van der Waals surface area contributed by atoms with Crippen LogP contribution in [-0.4, -0.2) is 24.8 Å². The van der Waals surface area contributed by atoms with Crippen molar-refractivity contribution in [2.75, 3.05) is 18.5 Å². The number of nitrogens with zero attached hydrogens (tertiary/aromatic N) is 1. The second kappa shape index (κ2) is 6.65. The highest BCUT2D eigenvalue weighted by molar-refractivity contribution is 5.53. The summed E-state index contributed by atoms with van der Waals surface area (Å²) in [7, 11) is 2.12. The van der Waals surface area contributed by atoms with Gasteiger partial charge in [0.05, 0.1) is 6.10 Å². The quantitative estimate of drug-likeness (QED) is 0.818. The minimum Gasteiger partial charge on any atom is -0.393 e. The molecule has 2 heteroatoms. The topological polar surface area (TPSA) is 23.5 Å². The normalized spacial score (nSPS) is 12.5. The molecule has 1 aromatic carbocycles. The number of aryl methyl sites for hydroxylation is 2. The summed E-state index contributed by atoms with van der Waals surface area (Å²) in [6, 6.07) is 6.55. The Morgan fingerprint density at radius 3 is 2.59 bits per heavy atom. The molecule has 96 valence electrons. The molecule has 17 heavy (non-hydrogen) atoms. The number of anilines is 1. The van der Waals surface area contributed by atoms with Crippen molar-refractivity contribution in [3.63, 3.8) is 0 Å². The summed E-state index contributed by atoms with van der Waals surface area (Å²) < 4.78 is 0. The van der Waals surface area contributed by atoms with E-state index in [-0.39, 0.29) is 6.10 Å². The van der Waals surface area contributed by atoms with Gasteiger partial charge in [0.25, 0.3) is 0 Å². The summed E-state index contributed by atoms with van der Waals surface area (Å²) in [5, 5.41) is 9.51. The van der Waals surface area contributed by atoms with E-state index in [0.29, 0.717) is 0 Å². The average molecular weight is 235 g/mol. The van der Waals surface area contributed by atoms with E-state index < -0.39 is 0 Å². The van der Waals surface area contributed by atoms with Gasteiger partial charge in [-0.25, -0.2) is 0 Å². The molecule has 0 spiro atoms. The fourth-order valence-corrected chi connectivity index (χ4v) is 2.12. The fraction of sp³-hybridized carbons (Fsp3) is 0.600. The number of aliphatic hydroxyl groups excluding tert-OH is 1. The zero-order valence-corrected chi connectivity index (χ0v) is 11.5. The van der Waals surface area contributed by atoms with Gasteiger partial charge in [0.15, 0.2) is 0 Å². The van der Waals surface area contributed by atoms with Crippen LogP contribution in [0.25, 0.3) is 0 Å². The van der Waals surface area contributed by atoms with E-state index >= 15 is 0 Å². The van der Waals surface area contributed by atoms with Gasteiger partial charge in [-0.05, 0) is 44.7 Å². The first-order valence-corrected chi connectivity index (χ1v) is 6.51. The highest BCUT2D eigenvalue weighted by atomic mass is 16.3. The zero-order valence-electron chi connectivity index (χ0n) is 11.5. The van der Waals surface area contributed by atoms with Crippen LogP contribution in [0, 0.1) is 13.8 Å². The SMILES string of the molecule is CCC(O)CCCN(C)c1ccc(C)cc1C. The lowest BCUT2D eigenvalue weighted by Crippen LogP contribution is -2.20. The van der Waals surface area contributed by atoms with Crippen molar-refractivity contribution in [2.45, 2.75) is 46.1 Å². The lowest BCUT2D eigenvalue weighted by Gasteiger charge is -2.22. The summed E-state index contributed by atoms with van der Waals surface area (Å²) in [5.74, 6) is 0. The molecular weight excluding hydrogens is 210 g/mol. The van der Waals surface area contributed by atoms with Crippen molar-refractivity contribution < 1.29 is 5.11 Å². The summed E-state index contributed by atoms with van der Waals surface area (Å²) in [4.78, 5) is 2.27. The molecule has 0 aromatic heterocycles. The molecule has 0 radical (unpaired) electrons. The van der Waals surface area contributed by atoms with Crippen LogP contribution in [0.1, 0.15) is 37.3 Å². The van der Waals surface area contributed by atoms with Gasteiger partial charge in [0, 0.05) is 19.3 Å². The second-order valence-corrected chi connectivity index (χ2v) is 4.92. The van der Waals surface area contributed by atoms with E-state index in [1.807, 2.05) is 6.92 Å². The predicted octanol–water partition coefficient (Wildman–Crippen LogP) is 3.29. The molecule has 0 bridgehead atoms. The number of aliphatic hydroxyl groups is 1. The average Bonchev–Trinajstić information content (AvgIpc) is 2.28.